The van der Waals surface area contributed by atoms with Gasteiger partial charge in [0.15, 0.2) is 0 Å². The lowest BCUT2D eigenvalue weighted by molar-refractivity contribution is -0.129. The number of carbonyl (C=O) groups is 1. The predicted molar refractivity (Wildman–Crippen MR) is 78.6 cm³/mol. The highest BCUT2D eigenvalue weighted by atomic mass is 35.5. The molecule has 0 aromatic heterocycles. The van der Waals surface area contributed by atoms with Crippen molar-refractivity contribution in [1.82, 2.24) is 10.2 Å². The third kappa shape index (κ3) is 4.37. The summed E-state index contributed by atoms with van der Waals surface area (Å²) in [6.07, 6.45) is 1.99. The highest BCUT2D eigenvalue weighted by molar-refractivity contribution is 6.34. The molecule has 0 aliphatic carbocycles. The second-order valence-corrected chi connectivity index (χ2v) is 5.81. The fraction of sp³-hybridized carbons (Fsp3) is 0.500. The summed E-state index contributed by atoms with van der Waals surface area (Å²) in [5, 5.41) is 4.82. The van der Waals surface area contributed by atoms with E-state index in [0.29, 0.717) is 16.1 Å². The third-order valence-corrected chi connectivity index (χ3v) is 3.89. The Labute approximate surface area is 123 Å². The lowest BCUT2D eigenvalue weighted by atomic mass is 10.0. The first-order valence-corrected chi connectivity index (χ1v) is 7.24. The summed E-state index contributed by atoms with van der Waals surface area (Å²) in [6.45, 7) is 4.05. The van der Waals surface area contributed by atoms with Gasteiger partial charge in [0.1, 0.15) is 0 Å². The highest BCUT2D eigenvalue weighted by Gasteiger charge is 2.19. The molecule has 2 rings (SSSR count). The van der Waals surface area contributed by atoms with Gasteiger partial charge in [0.05, 0.1) is 0 Å². The average Bonchev–Trinajstić information content (AvgIpc) is 2.36. The molecule has 3 nitrogen and oxygen atoms in total. The van der Waals surface area contributed by atoms with E-state index >= 15 is 0 Å². The van der Waals surface area contributed by atoms with Crippen LogP contribution in [0, 0.1) is 0 Å². The van der Waals surface area contributed by atoms with Crippen molar-refractivity contribution in [3.63, 3.8) is 0 Å². The monoisotopic (exact) mass is 300 g/mol. The summed E-state index contributed by atoms with van der Waals surface area (Å²) in [4.78, 5) is 13.1. The molecular weight excluding hydrogens is 283 g/mol. The molecule has 19 heavy (non-hydrogen) atoms. The van der Waals surface area contributed by atoms with E-state index in [-0.39, 0.29) is 5.91 Å². The number of piperidine rings is 1. The van der Waals surface area contributed by atoms with Crippen LogP contribution in [0.1, 0.15) is 25.3 Å². The van der Waals surface area contributed by atoms with Crippen LogP contribution >= 0.6 is 23.2 Å². The number of rotatable bonds is 3. The minimum atomic E-state index is 0.167. The maximum atomic E-state index is 11.2. The van der Waals surface area contributed by atoms with Crippen LogP contribution in [0.4, 0.5) is 0 Å². The van der Waals surface area contributed by atoms with Crippen molar-refractivity contribution in [2.45, 2.75) is 32.4 Å². The number of carbonyl (C=O) groups excluding carboxylic acids is 1. The molecule has 1 heterocycles. The number of hydrogen-bond donors (Lipinski definition) is 1. The van der Waals surface area contributed by atoms with E-state index < -0.39 is 0 Å². The van der Waals surface area contributed by atoms with Crippen LogP contribution < -0.4 is 5.32 Å². The van der Waals surface area contributed by atoms with Gasteiger partial charge < -0.3 is 10.2 Å². The molecule has 1 aromatic carbocycles. The van der Waals surface area contributed by atoms with E-state index in [0.717, 1.165) is 38.0 Å². The Morgan fingerprint density at radius 1 is 1.26 bits per heavy atom. The molecule has 5 heteroatoms. The van der Waals surface area contributed by atoms with Crippen LogP contribution in [0.3, 0.4) is 0 Å². The molecule has 0 radical (unpaired) electrons. The third-order valence-electron chi connectivity index (χ3n) is 3.46. The van der Waals surface area contributed by atoms with Gasteiger partial charge in [-0.3, -0.25) is 4.79 Å². The van der Waals surface area contributed by atoms with Crippen molar-refractivity contribution in [3.05, 3.63) is 33.8 Å². The van der Waals surface area contributed by atoms with Crippen LogP contribution in [-0.2, 0) is 11.3 Å². The largest absolute Gasteiger partial charge is 0.343 e. The minimum Gasteiger partial charge on any atom is -0.343 e. The summed E-state index contributed by atoms with van der Waals surface area (Å²) in [7, 11) is 0. The summed E-state index contributed by atoms with van der Waals surface area (Å²) in [5.74, 6) is 0.167. The van der Waals surface area contributed by atoms with Gasteiger partial charge in [-0.25, -0.2) is 0 Å². The second kappa shape index (κ2) is 6.60. The van der Waals surface area contributed by atoms with Crippen molar-refractivity contribution in [2.24, 2.45) is 0 Å². The zero-order chi connectivity index (χ0) is 13.8. The zero-order valence-corrected chi connectivity index (χ0v) is 12.5. The fourth-order valence-corrected chi connectivity index (χ4v) is 2.94. The topological polar surface area (TPSA) is 32.3 Å². The van der Waals surface area contributed by atoms with Crippen molar-refractivity contribution in [2.75, 3.05) is 13.1 Å². The number of likely N-dealkylation sites (tertiary alicyclic amines) is 1. The van der Waals surface area contributed by atoms with E-state index in [9.17, 15) is 4.79 Å². The van der Waals surface area contributed by atoms with Gasteiger partial charge in [0.25, 0.3) is 0 Å². The van der Waals surface area contributed by atoms with Gasteiger partial charge >= 0.3 is 0 Å². The molecule has 1 fully saturated rings. The Balaban J connectivity index is 1.82. The van der Waals surface area contributed by atoms with Crippen LogP contribution in [0.25, 0.3) is 0 Å². The van der Waals surface area contributed by atoms with Crippen LogP contribution in [0.5, 0.6) is 0 Å². The first-order chi connectivity index (χ1) is 9.04. The van der Waals surface area contributed by atoms with E-state index in [4.69, 9.17) is 23.2 Å². The number of hydrogen-bond acceptors (Lipinski definition) is 2. The van der Waals surface area contributed by atoms with Gasteiger partial charge in [-0.05, 0) is 36.6 Å². The number of amides is 1. The molecule has 1 aliphatic rings. The molecule has 0 bridgehead atoms. The Kier molecular flexibility index (Phi) is 5.08. The Bertz CT molecular complexity index is 437. The summed E-state index contributed by atoms with van der Waals surface area (Å²) >= 11 is 11.9. The van der Waals surface area contributed by atoms with Crippen LogP contribution in [0.2, 0.25) is 10.0 Å². The second-order valence-electron chi connectivity index (χ2n) is 4.94. The number of benzene rings is 1. The molecular formula is C14H18Cl2N2O. The minimum absolute atomic E-state index is 0.167. The highest BCUT2D eigenvalue weighted by Crippen LogP contribution is 2.19. The number of halogens is 2. The molecule has 0 saturated carbocycles. The molecule has 1 saturated heterocycles. The summed E-state index contributed by atoms with van der Waals surface area (Å²) in [6, 6.07) is 6.03. The molecule has 104 valence electrons. The Morgan fingerprint density at radius 2 is 1.84 bits per heavy atom. The van der Waals surface area contributed by atoms with Crippen molar-refractivity contribution >= 4 is 29.1 Å². The zero-order valence-electron chi connectivity index (χ0n) is 11.0. The van der Waals surface area contributed by atoms with Gasteiger partial charge in [-0.1, -0.05) is 23.2 Å². The molecule has 0 spiro atoms. The molecule has 1 aromatic rings. The standard InChI is InChI=1S/C14H18Cl2N2O/c1-10(19)18-4-2-14(3-5-18)17-9-11-6-12(15)8-13(16)7-11/h6-8,14,17H,2-5,9H2,1H3. The normalized spacial score (nSPS) is 16.7. The van der Waals surface area contributed by atoms with Gasteiger partial charge in [-0.15, -0.1) is 0 Å². The molecule has 0 unspecified atom stereocenters. The van der Waals surface area contributed by atoms with Crippen molar-refractivity contribution < 1.29 is 4.79 Å². The molecule has 1 N–H and O–H groups in total. The maximum Gasteiger partial charge on any atom is 0.219 e. The van der Waals surface area contributed by atoms with E-state index in [1.54, 1.807) is 13.0 Å². The number of nitrogens with one attached hydrogen (secondary N) is 1. The summed E-state index contributed by atoms with van der Waals surface area (Å²) in [5.41, 5.74) is 1.09. The van der Waals surface area contributed by atoms with Gasteiger partial charge in [-0.2, -0.15) is 0 Å². The van der Waals surface area contributed by atoms with Crippen LogP contribution in [-0.4, -0.2) is 29.9 Å². The molecule has 0 atom stereocenters. The van der Waals surface area contributed by atoms with E-state index in [1.807, 2.05) is 17.0 Å². The van der Waals surface area contributed by atoms with Crippen LogP contribution in [0.15, 0.2) is 18.2 Å². The van der Waals surface area contributed by atoms with E-state index in [2.05, 4.69) is 5.32 Å². The van der Waals surface area contributed by atoms with E-state index in [1.165, 1.54) is 0 Å². The lowest BCUT2D eigenvalue weighted by Crippen LogP contribution is -2.43. The maximum absolute atomic E-state index is 11.2. The first kappa shape index (κ1) is 14.6. The fourth-order valence-electron chi connectivity index (χ4n) is 2.37. The lowest BCUT2D eigenvalue weighted by Gasteiger charge is -2.31. The quantitative estimate of drug-likeness (QED) is 0.930. The Morgan fingerprint density at radius 3 is 2.37 bits per heavy atom. The first-order valence-electron chi connectivity index (χ1n) is 6.48. The Hall–Kier alpha value is -0.770. The molecule has 1 aliphatic heterocycles. The number of nitrogens with zero attached hydrogens (tertiary/aromatic N) is 1. The SMILES string of the molecule is CC(=O)N1CCC(NCc2cc(Cl)cc(Cl)c2)CC1. The smallest absolute Gasteiger partial charge is 0.219 e. The van der Waals surface area contributed by atoms with Crippen molar-refractivity contribution in [1.29, 1.82) is 0 Å². The predicted octanol–water partition coefficient (Wildman–Crippen LogP) is 3.09. The average molecular weight is 301 g/mol. The molecule has 1 amide bonds. The van der Waals surface area contributed by atoms with Crippen molar-refractivity contribution in [3.8, 4) is 0 Å². The summed E-state index contributed by atoms with van der Waals surface area (Å²) < 4.78 is 0. The van der Waals surface area contributed by atoms with Gasteiger partial charge in [0, 0.05) is 42.6 Å². The van der Waals surface area contributed by atoms with Gasteiger partial charge in [0.2, 0.25) is 5.91 Å².